The van der Waals surface area contributed by atoms with Crippen LogP contribution in [0.15, 0.2) is 12.7 Å². The number of aliphatic hydroxyl groups is 3. The molecule has 1 heterocycles. The van der Waals surface area contributed by atoms with E-state index < -0.39 is 67.9 Å². The molecular formula is C16H26N2O10. The number of nitrogens with one attached hydrogen (secondary N) is 2. The minimum atomic E-state index is -1.51. The second-order valence-corrected chi connectivity index (χ2v) is 5.87. The topological polar surface area (TPSA) is 173 Å². The molecule has 1 fully saturated rings. The van der Waals surface area contributed by atoms with Crippen LogP contribution in [0.25, 0.3) is 0 Å². The van der Waals surface area contributed by atoms with Crippen molar-refractivity contribution >= 4 is 18.0 Å². The Labute approximate surface area is 161 Å². The number of alkyl carbamates (subject to hydrolysis) is 1. The molecule has 0 unspecified atom stereocenters. The van der Waals surface area contributed by atoms with Gasteiger partial charge in [0.15, 0.2) is 12.3 Å². The predicted molar refractivity (Wildman–Crippen MR) is 91.8 cm³/mol. The Morgan fingerprint density at radius 2 is 1.96 bits per heavy atom. The maximum absolute atomic E-state index is 11.9. The van der Waals surface area contributed by atoms with E-state index in [-0.39, 0.29) is 6.61 Å². The third-order valence-electron chi connectivity index (χ3n) is 3.79. The quantitative estimate of drug-likeness (QED) is 0.202. The van der Waals surface area contributed by atoms with Gasteiger partial charge in [-0.2, -0.15) is 0 Å². The number of rotatable bonds is 9. The summed E-state index contributed by atoms with van der Waals surface area (Å²) in [5.41, 5.74) is 0. The van der Waals surface area contributed by atoms with Crippen LogP contribution in [-0.2, 0) is 28.5 Å². The molecule has 0 aromatic rings. The monoisotopic (exact) mass is 406 g/mol. The van der Waals surface area contributed by atoms with Gasteiger partial charge in [-0.15, -0.1) is 0 Å². The summed E-state index contributed by atoms with van der Waals surface area (Å²) in [7, 11) is 1.10. The summed E-state index contributed by atoms with van der Waals surface area (Å²) < 4.78 is 20.1. The molecule has 160 valence electrons. The fraction of sp³-hybridized carbons (Fsp3) is 0.688. The average Bonchev–Trinajstić information content (AvgIpc) is 2.67. The summed E-state index contributed by atoms with van der Waals surface area (Å²) in [6, 6.07) is -2.48. The standard InChI is InChI=1S/C16H26N2O10/c1-4-5-26-16(24)18-9(14(23)25-3)7-27-15-11(17-8(2)20)13(22)12(21)10(6-19)28-15/h4,9-13,15,19,21-22H,1,5-7H2,2-3H3,(H,17,20)(H,18,24)/t9-,10+,11+,12-,13+,15-/m0/s1. The lowest BCUT2D eigenvalue weighted by atomic mass is 9.97. The number of carbonyl (C=O) groups is 3. The van der Waals surface area contributed by atoms with Crippen LogP contribution in [0.5, 0.6) is 0 Å². The highest BCUT2D eigenvalue weighted by molar-refractivity contribution is 5.81. The maximum atomic E-state index is 11.9. The molecule has 0 aromatic heterocycles. The minimum absolute atomic E-state index is 0.0841. The highest BCUT2D eigenvalue weighted by Gasteiger charge is 2.45. The first-order valence-electron chi connectivity index (χ1n) is 8.38. The molecule has 12 heteroatoms. The van der Waals surface area contributed by atoms with E-state index in [0.717, 1.165) is 7.11 Å². The van der Waals surface area contributed by atoms with E-state index in [4.69, 9.17) is 14.2 Å². The molecule has 28 heavy (non-hydrogen) atoms. The van der Waals surface area contributed by atoms with Gasteiger partial charge in [-0.1, -0.05) is 12.7 Å². The summed E-state index contributed by atoms with van der Waals surface area (Å²) in [6.07, 6.45) is -5.11. The molecule has 0 radical (unpaired) electrons. The number of hydrogen-bond acceptors (Lipinski definition) is 10. The van der Waals surface area contributed by atoms with Crippen LogP contribution in [0.4, 0.5) is 4.79 Å². The smallest absolute Gasteiger partial charge is 0.408 e. The summed E-state index contributed by atoms with van der Waals surface area (Å²) >= 11 is 0. The van der Waals surface area contributed by atoms with E-state index in [1.165, 1.54) is 13.0 Å². The van der Waals surface area contributed by atoms with E-state index in [0.29, 0.717) is 0 Å². The normalized spacial score (nSPS) is 28.0. The van der Waals surface area contributed by atoms with Crippen LogP contribution in [0.2, 0.25) is 0 Å². The van der Waals surface area contributed by atoms with Gasteiger partial charge in [0.05, 0.1) is 20.3 Å². The van der Waals surface area contributed by atoms with Crippen molar-refractivity contribution in [1.82, 2.24) is 10.6 Å². The summed E-state index contributed by atoms with van der Waals surface area (Å²) in [4.78, 5) is 34.9. The molecule has 0 spiro atoms. The van der Waals surface area contributed by atoms with Crippen molar-refractivity contribution in [2.24, 2.45) is 0 Å². The highest BCUT2D eigenvalue weighted by atomic mass is 16.7. The highest BCUT2D eigenvalue weighted by Crippen LogP contribution is 2.22. The van der Waals surface area contributed by atoms with Gasteiger partial charge in [-0.05, 0) is 0 Å². The van der Waals surface area contributed by atoms with Gasteiger partial charge in [-0.3, -0.25) is 4.79 Å². The van der Waals surface area contributed by atoms with Crippen molar-refractivity contribution in [2.75, 3.05) is 26.9 Å². The Morgan fingerprint density at radius 3 is 2.50 bits per heavy atom. The van der Waals surface area contributed by atoms with Crippen molar-refractivity contribution in [2.45, 2.75) is 43.6 Å². The first-order chi connectivity index (χ1) is 13.2. The average molecular weight is 406 g/mol. The van der Waals surface area contributed by atoms with Crippen LogP contribution in [0, 0.1) is 0 Å². The first-order valence-corrected chi connectivity index (χ1v) is 8.38. The van der Waals surface area contributed by atoms with Crippen molar-refractivity contribution in [3.8, 4) is 0 Å². The van der Waals surface area contributed by atoms with Crippen molar-refractivity contribution in [3.63, 3.8) is 0 Å². The summed E-state index contributed by atoms with van der Waals surface area (Å²) in [5.74, 6) is -1.38. The van der Waals surface area contributed by atoms with Gasteiger partial charge in [0.2, 0.25) is 5.91 Å². The molecular weight excluding hydrogens is 380 g/mol. The van der Waals surface area contributed by atoms with E-state index in [1.807, 2.05) is 0 Å². The third kappa shape index (κ3) is 6.73. The van der Waals surface area contributed by atoms with Crippen LogP contribution < -0.4 is 10.6 Å². The number of aliphatic hydroxyl groups excluding tert-OH is 3. The molecule has 0 aliphatic carbocycles. The van der Waals surface area contributed by atoms with Gasteiger partial charge in [0.1, 0.15) is 31.0 Å². The number of ether oxygens (including phenoxy) is 4. The molecule has 12 nitrogen and oxygen atoms in total. The van der Waals surface area contributed by atoms with Gasteiger partial charge in [0.25, 0.3) is 0 Å². The summed E-state index contributed by atoms with van der Waals surface area (Å²) in [6.45, 7) is 3.38. The van der Waals surface area contributed by atoms with E-state index in [2.05, 4.69) is 21.9 Å². The van der Waals surface area contributed by atoms with E-state index >= 15 is 0 Å². The van der Waals surface area contributed by atoms with Gasteiger partial charge in [0, 0.05) is 6.92 Å². The van der Waals surface area contributed by atoms with E-state index in [9.17, 15) is 29.7 Å². The Hall–Kier alpha value is -2.25. The fourth-order valence-electron chi connectivity index (χ4n) is 2.43. The Bertz CT molecular complexity index is 558. The van der Waals surface area contributed by atoms with Crippen LogP contribution in [0.1, 0.15) is 6.92 Å². The van der Waals surface area contributed by atoms with Crippen molar-refractivity contribution in [3.05, 3.63) is 12.7 Å². The number of amides is 2. The maximum Gasteiger partial charge on any atom is 0.408 e. The zero-order valence-corrected chi connectivity index (χ0v) is 15.6. The largest absolute Gasteiger partial charge is 0.467 e. The van der Waals surface area contributed by atoms with Gasteiger partial charge < -0.3 is 44.9 Å². The molecule has 1 aliphatic heterocycles. The van der Waals surface area contributed by atoms with Crippen LogP contribution in [-0.4, -0.2) is 96.9 Å². The van der Waals surface area contributed by atoms with Gasteiger partial charge in [-0.25, -0.2) is 9.59 Å². The number of hydrogen-bond donors (Lipinski definition) is 5. The molecule has 5 N–H and O–H groups in total. The Kier molecular flexibility index (Phi) is 9.82. The number of carbonyl (C=O) groups excluding carboxylic acids is 3. The molecule has 1 saturated heterocycles. The second-order valence-electron chi connectivity index (χ2n) is 5.87. The second kappa shape index (κ2) is 11.6. The van der Waals surface area contributed by atoms with Gasteiger partial charge >= 0.3 is 12.1 Å². The molecule has 2 amide bonds. The molecule has 1 aliphatic rings. The lowest BCUT2D eigenvalue weighted by Gasteiger charge is -2.42. The SMILES string of the molecule is C=CCOC(=O)N[C@@H](CO[C@H]1O[C@H](CO)[C@H](O)[C@H](O)[C@H]1NC(C)=O)C(=O)OC. The zero-order chi connectivity index (χ0) is 21.3. The van der Waals surface area contributed by atoms with Crippen molar-refractivity contribution in [1.29, 1.82) is 0 Å². The lowest BCUT2D eigenvalue weighted by molar-refractivity contribution is -0.271. The minimum Gasteiger partial charge on any atom is -0.467 e. The third-order valence-corrected chi connectivity index (χ3v) is 3.79. The molecule has 0 bridgehead atoms. The van der Waals surface area contributed by atoms with Crippen molar-refractivity contribution < 1.29 is 48.7 Å². The van der Waals surface area contributed by atoms with Crippen LogP contribution in [0.3, 0.4) is 0 Å². The first kappa shape index (κ1) is 23.8. The number of methoxy groups -OCH3 is 1. The molecule has 6 atom stereocenters. The summed E-state index contributed by atoms with van der Waals surface area (Å²) in [5, 5.41) is 34.0. The predicted octanol–water partition coefficient (Wildman–Crippen LogP) is -2.60. The molecule has 0 saturated carbocycles. The Morgan fingerprint density at radius 1 is 1.29 bits per heavy atom. The molecule has 1 rings (SSSR count). The zero-order valence-electron chi connectivity index (χ0n) is 15.6. The Balaban J connectivity index is 2.85. The van der Waals surface area contributed by atoms with Crippen LogP contribution >= 0.6 is 0 Å². The lowest BCUT2D eigenvalue weighted by Crippen LogP contribution is -2.65. The fourth-order valence-corrected chi connectivity index (χ4v) is 2.43. The van der Waals surface area contributed by atoms with E-state index in [1.54, 1.807) is 0 Å². The molecule has 0 aromatic carbocycles. The number of esters is 1.